The van der Waals surface area contributed by atoms with Gasteiger partial charge in [0.1, 0.15) is 0 Å². The third-order valence-electron chi connectivity index (χ3n) is 4.51. The minimum Gasteiger partial charge on any atom is -0.313 e. The van der Waals surface area contributed by atoms with Gasteiger partial charge in [-0.05, 0) is 42.6 Å². The molecule has 1 rings (SSSR count). The van der Waals surface area contributed by atoms with Crippen molar-refractivity contribution in [2.75, 3.05) is 6.54 Å². The molecule has 1 heteroatoms. The van der Waals surface area contributed by atoms with E-state index >= 15 is 0 Å². The molecule has 0 bridgehead atoms. The smallest absolute Gasteiger partial charge is 0.0127 e. The van der Waals surface area contributed by atoms with E-state index in [4.69, 9.17) is 0 Å². The van der Waals surface area contributed by atoms with E-state index < -0.39 is 0 Å². The number of hydrogen-bond acceptors (Lipinski definition) is 1. The van der Waals surface area contributed by atoms with Gasteiger partial charge < -0.3 is 5.32 Å². The predicted molar refractivity (Wildman–Crippen MR) is 68.0 cm³/mol. The Morgan fingerprint density at radius 3 is 2.27 bits per heavy atom. The van der Waals surface area contributed by atoms with Crippen LogP contribution in [0.25, 0.3) is 0 Å². The summed E-state index contributed by atoms with van der Waals surface area (Å²) in [6.07, 6.45) is 3.92. The van der Waals surface area contributed by atoms with Gasteiger partial charge in [0, 0.05) is 6.04 Å². The van der Waals surface area contributed by atoms with Gasteiger partial charge in [0.05, 0.1) is 0 Å². The van der Waals surface area contributed by atoms with E-state index in [1.165, 1.54) is 25.8 Å². The molecule has 3 unspecified atom stereocenters. The lowest BCUT2D eigenvalue weighted by Gasteiger charge is -2.59. The van der Waals surface area contributed by atoms with Crippen molar-refractivity contribution in [1.82, 2.24) is 5.32 Å². The summed E-state index contributed by atoms with van der Waals surface area (Å²) >= 11 is 0. The van der Waals surface area contributed by atoms with Gasteiger partial charge in [-0.15, -0.1) is 0 Å². The average molecular weight is 211 g/mol. The molecule has 0 aliphatic heterocycles. The summed E-state index contributed by atoms with van der Waals surface area (Å²) in [6.45, 7) is 15.4. The Hall–Kier alpha value is -0.0400. The van der Waals surface area contributed by atoms with Crippen LogP contribution >= 0.6 is 0 Å². The van der Waals surface area contributed by atoms with Gasteiger partial charge in [0.25, 0.3) is 0 Å². The van der Waals surface area contributed by atoms with Crippen LogP contribution in [0.2, 0.25) is 0 Å². The molecule has 1 N–H and O–H groups in total. The Balaban J connectivity index is 2.61. The van der Waals surface area contributed by atoms with Crippen LogP contribution in [0.5, 0.6) is 0 Å². The highest BCUT2D eigenvalue weighted by molar-refractivity contribution is 5.06. The molecule has 0 heterocycles. The Morgan fingerprint density at radius 2 is 1.87 bits per heavy atom. The Morgan fingerprint density at radius 1 is 1.27 bits per heavy atom. The highest BCUT2D eigenvalue weighted by atomic mass is 15.0. The molecule has 0 saturated heterocycles. The normalized spacial score (nSPS) is 36.4. The van der Waals surface area contributed by atoms with Crippen LogP contribution in [-0.4, -0.2) is 12.6 Å². The van der Waals surface area contributed by atoms with E-state index in [-0.39, 0.29) is 0 Å². The van der Waals surface area contributed by atoms with E-state index in [1.807, 2.05) is 0 Å². The zero-order valence-electron chi connectivity index (χ0n) is 11.5. The summed E-state index contributed by atoms with van der Waals surface area (Å²) in [5, 5.41) is 3.71. The molecule has 0 amide bonds. The summed E-state index contributed by atoms with van der Waals surface area (Å²) in [5.74, 6) is 0.879. The lowest BCUT2D eigenvalue weighted by molar-refractivity contribution is -0.0724. The summed E-state index contributed by atoms with van der Waals surface area (Å²) < 4.78 is 0. The van der Waals surface area contributed by atoms with Crippen LogP contribution in [0.1, 0.15) is 60.8 Å². The fourth-order valence-electron chi connectivity index (χ4n) is 3.33. The van der Waals surface area contributed by atoms with Crippen LogP contribution in [0, 0.1) is 16.7 Å². The van der Waals surface area contributed by atoms with Gasteiger partial charge >= 0.3 is 0 Å². The monoisotopic (exact) mass is 211 g/mol. The summed E-state index contributed by atoms with van der Waals surface area (Å²) in [6, 6.07) is 0.756. The van der Waals surface area contributed by atoms with Crippen LogP contribution in [0.15, 0.2) is 0 Å². The standard InChI is InChI=1S/C14H29N/c1-7-9-15-12-10-11(13(3,4)5)14(12,6)8-2/h11-12,15H,7-10H2,1-6H3. The zero-order valence-corrected chi connectivity index (χ0v) is 11.5. The third-order valence-corrected chi connectivity index (χ3v) is 4.51. The largest absolute Gasteiger partial charge is 0.313 e. The SMILES string of the molecule is CCCNC1CC(C(C)(C)C)C1(C)CC. The maximum atomic E-state index is 3.71. The first kappa shape index (κ1) is 13.0. The van der Waals surface area contributed by atoms with Crippen LogP contribution in [0.3, 0.4) is 0 Å². The van der Waals surface area contributed by atoms with Gasteiger partial charge in [-0.3, -0.25) is 0 Å². The second-order valence-corrected chi connectivity index (χ2v) is 6.52. The second kappa shape index (κ2) is 4.45. The summed E-state index contributed by atoms with van der Waals surface area (Å²) in [7, 11) is 0. The highest BCUT2D eigenvalue weighted by Gasteiger charge is 2.53. The van der Waals surface area contributed by atoms with E-state index in [2.05, 4.69) is 46.9 Å². The van der Waals surface area contributed by atoms with E-state index in [9.17, 15) is 0 Å². The fraction of sp³-hybridized carbons (Fsp3) is 1.00. The molecular formula is C14H29N. The van der Waals surface area contributed by atoms with Gasteiger partial charge in [-0.1, -0.05) is 41.5 Å². The molecule has 1 aliphatic carbocycles. The number of nitrogens with one attached hydrogen (secondary N) is 1. The first-order chi connectivity index (χ1) is 6.86. The second-order valence-electron chi connectivity index (χ2n) is 6.52. The maximum absolute atomic E-state index is 3.71. The lowest BCUT2D eigenvalue weighted by atomic mass is 9.49. The molecule has 3 atom stereocenters. The molecule has 0 radical (unpaired) electrons. The zero-order chi connectivity index (χ0) is 11.7. The Kier molecular flexibility index (Phi) is 3.86. The van der Waals surface area contributed by atoms with Crippen molar-refractivity contribution < 1.29 is 0 Å². The van der Waals surface area contributed by atoms with E-state index in [0.29, 0.717) is 10.8 Å². The molecule has 1 aliphatic rings. The van der Waals surface area contributed by atoms with Gasteiger partial charge in [-0.2, -0.15) is 0 Å². The molecule has 0 aromatic carbocycles. The van der Waals surface area contributed by atoms with Crippen LogP contribution in [0.4, 0.5) is 0 Å². The Bertz CT molecular complexity index is 204. The molecular weight excluding hydrogens is 182 g/mol. The summed E-state index contributed by atoms with van der Waals surface area (Å²) in [5.41, 5.74) is 0.989. The van der Waals surface area contributed by atoms with Crippen molar-refractivity contribution >= 4 is 0 Å². The van der Waals surface area contributed by atoms with E-state index in [1.54, 1.807) is 0 Å². The van der Waals surface area contributed by atoms with Crippen LogP contribution in [-0.2, 0) is 0 Å². The van der Waals surface area contributed by atoms with Crippen molar-refractivity contribution in [3.63, 3.8) is 0 Å². The quantitative estimate of drug-likeness (QED) is 0.745. The molecule has 90 valence electrons. The van der Waals surface area contributed by atoms with Crippen molar-refractivity contribution in [2.24, 2.45) is 16.7 Å². The topological polar surface area (TPSA) is 12.0 Å². The molecule has 1 nitrogen and oxygen atoms in total. The van der Waals surface area contributed by atoms with Gasteiger partial charge in [0.2, 0.25) is 0 Å². The first-order valence-electron chi connectivity index (χ1n) is 6.59. The number of hydrogen-bond donors (Lipinski definition) is 1. The van der Waals surface area contributed by atoms with Crippen molar-refractivity contribution in [1.29, 1.82) is 0 Å². The lowest BCUT2D eigenvalue weighted by Crippen LogP contribution is -2.61. The maximum Gasteiger partial charge on any atom is 0.0127 e. The van der Waals surface area contributed by atoms with Gasteiger partial charge in [0.15, 0.2) is 0 Å². The number of rotatable bonds is 4. The van der Waals surface area contributed by atoms with Gasteiger partial charge in [-0.25, -0.2) is 0 Å². The van der Waals surface area contributed by atoms with E-state index in [0.717, 1.165) is 12.0 Å². The molecule has 0 spiro atoms. The average Bonchev–Trinajstić information content (AvgIpc) is 2.13. The Labute approximate surface area is 96.0 Å². The molecule has 15 heavy (non-hydrogen) atoms. The van der Waals surface area contributed by atoms with Crippen LogP contribution < -0.4 is 5.32 Å². The van der Waals surface area contributed by atoms with Crippen molar-refractivity contribution in [3.8, 4) is 0 Å². The minimum absolute atomic E-state index is 0.467. The predicted octanol–water partition coefficient (Wildman–Crippen LogP) is 3.84. The fourth-order valence-corrected chi connectivity index (χ4v) is 3.33. The van der Waals surface area contributed by atoms with Crippen molar-refractivity contribution in [2.45, 2.75) is 66.8 Å². The van der Waals surface area contributed by atoms with Crippen molar-refractivity contribution in [3.05, 3.63) is 0 Å². The molecule has 1 fully saturated rings. The highest BCUT2D eigenvalue weighted by Crippen LogP contribution is 2.56. The summed E-state index contributed by atoms with van der Waals surface area (Å²) in [4.78, 5) is 0. The minimum atomic E-state index is 0.467. The third kappa shape index (κ3) is 2.38. The molecule has 0 aromatic rings. The molecule has 1 saturated carbocycles. The molecule has 0 aromatic heterocycles. The first-order valence-corrected chi connectivity index (χ1v) is 6.59.